The third kappa shape index (κ3) is 2.66. The van der Waals surface area contributed by atoms with Crippen molar-refractivity contribution in [2.24, 2.45) is 0 Å². The van der Waals surface area contributed by atoms with E-state index in [0.29, 0.717) is 11.1 Å². The number of nitrogens with zero attached hydrogens (tertiary/aromatic N) is 3. The van der Waals surface area contributed by atoms with Crippen LogP contribution < -0.4 is 4.90 Å². The number of carbonyl (C=O) groups excluding carboxylic acids is 2. The highest BCUT2D eigenvalue weighted by molar-refractivity contribution is 6.26. The summed E-state index contributed by atoms with van der Waals surface area (Å²) < 4.78 is 0. The number of imide groups is 1. The summed E-state index contributed by atoms with van der Waals surface area (Å²) in [5.41, 5.74) is 3.18. The zero-order valence-electron chi connectivity index (χ0n) is 15.6. The lowest BCUT2D eigenvalue weighted by molar-refractivity contribution is 0.0598. The first kappa shape index (κ1) is 16.9. The van der Waals surface area contributed by atoms with Crippen LogP contribution in [-0.2, 0) is 6.54 Å². The van der Waals surface area contributed by atoms with Gasteiger partial charge >= 0.3 is 0 Å². The molecule has 3 aromatic rings. The van der Waals surface area contributed by atoms with Crippen molar-refractivity contribution < 1.29 is 9.59 Å². The lowest BCUT2D eigenvalue weighted by Gasteiger charge is -2.32. The van der Waals surface area contributed by atoms with Gasteiger partial charge < -0.3 is 4.90 Å². The van der Waals surface area contributed by atoms with E-state index in [2.05, 4.69) is 9.88 Å². The first-order valence-corrected chi connectivity index (χ1v) is 9.80. The Morgan fingerprint density at radius 2 is 1.64 bits per heavy atom. The second kappa shape index (κ2) is 6.75. The molecule has 2 amide bonds. The summed E-state index contributed by atoms with van der Waals surface area (Å²) in [7, 11) is 0. The fourth-order valence-corrected chi connectivity index (χ4v) is 4.36. The van der Waals surface area contributed by atoms with Gasteiger partial charge in [0.25, 0.3) is 11.8 Å². The van der Waals surface area contributed by atoms with E-state index in [9.17, 15) is 9.59 Å². The molecule has 2 aliphatic heterocycles. The number of anilines is 1. The van der Waals surface area contributed by atoms with Crippen molar-refractivity contribution in [1.29, 1.82) is 0 Å². The molecular weight excluding hydrogens is 350 g/mol. The molecule has 0 atom stereocenters. The van der Waals surface area contributed by atoms with Crippen molar-refractivity contribution in [3.05, 3.63) is 71.5 Å². The number of hydrogen-bond acceptors (Lipinski definition) is 4. The molecular formula is C23H21N3O2. The number of carbonyl (C=O) groups is 2. The highest BCUT2D eigenvalue weighted by Gasteiger charge is 2.33. The molecule has 1 fully saturated rings. The van der Waals surface area contributed by atoms with Crippen LogP contribution in [0.5, 0.6) is 0 Å². The van der Waals surface area contributed by atoms with Crippen molar-refractivity contribution >= 4 is 28.3 Å². The van der Waals surface area contributed by atoms with Crippen LogP contribution in [0.4, 0.5) is 5.69 Å². The number of hydrogen-bond donors (Lipinski definition) is 0. The first-order valence-electron chi connectivity index (χ1n) is 9.80. The molecule has 5 rings (SSSR count). The molecule has 0 radical (unpaired) electrons. The average Bonchev–Trinajstić information content (AvgIpc) is 2.76. The Morgan fingerprint density at radius 3 is 2.39 bits per heavy atom. The third-order valence-electron chi connectivity index (χ3n) is 5.73. The topological polar surface area (TPSA) is 53.5 Å². The number of amides is 2. The van der Waals surface area contributed by atoms with Gasteiger partial charge in [0.05, 0.1) is 6.54 Å². The van der Waals surface area contributed by atoms with Crippen LogP contribution in [0.3, 0.4) is 0 Å². The molecule has 0 unspecified atom stereocenters. The Bertz CT molecular complexity index is 1050. The molecule has 2 aliphatic rings. The van der Waals surface area contributed by atoms with Gasteiger partial charge in [0, 0.05) is 53.1 Å². The van der Waals surface area contributed by atoms with Crippen molar-refractivity contribution in [3.63, 3.8) is 0 Å². The van der Waals surface area contributed by atoms with Crippen LogP contribution in [0.25, 0.3) is 10.8 Å². The van der Waals surface area contributed by atoms with Crippen molar-refractivity contribution in [2.45, 2.75) is 25.8 Å². The largest absolute Gasteiger partial charge is 0.371 e. The van der Waals surface area contributed by atoms with Gasteiger partial charge in [-0.3, -0.25) is 19.5 Å². The third-order valence-corrected chi connectivity index (χ3v) is 5.73. The minimum Gasteiger partial charge on any atom is -0.371 e. The van der Waals surface area contributed by atoms with Gasteiger partial charge in [0.1, 0.15) is 0 Å². The van der Waals surface area contributed by atoms with Gasteiger partial charge in [-0.05, 0) is 49.1 Å². The van der Waals surface area contributed by atoms with Crippen molar-refractivity contribution in [3.8, 4) is 0 Å². The minimum absolute atomic E-state index is 0.231. The van der Waals surface area contributed by atoms with Crippen LogP contribution in [0.2, 0.25) is 0 Å². The molecule has 0 spiro atoms. The molecule has 3 heterocycles. The summed E-state index contributed by atoms with van der Waals surface area (Å²) in [5.74, 6) is -0.467. The van der Waals surface area contributed by atoms with E-state index < -0.39 is 0 Å². The van der Waals surface area contributed by atoms with E-state index >= 15 is 0 Å². The Labute approximate surface area is 163 Å². The molecule has 0 saturated carbocycles. The summed E-state index contributed by atoms with van der Waals surface area (Å²) in [6.07, 6.45) is 7.00. The van der Waals surface area contributed by atoms with Gasteiger partial charge in [-0.2, -0.15) is 0 Å². The number of benzene rings is 2. The number of piperidine rings is 1. The number of aromatic nitrogens is 1. The summed E-state index contributed by atoms with van der Waals surface area (Å²) in [6.45, 7) is 2.27. The lowest BCUT2D eigenvalue weighted by Crippen LogP contribution is -2.40. The van der Waals surface area contributed by atoms with Gasteiger partial charge in [0.2, 0.25) is 0 Å². The number of pyridine rings is 1. The van der Waals surface area contributed by atoms with Gasteiger partial charge in [-0.25, -0.2) is 0 Å². The second-order valence-electron chi connectivity index (χ2n) is 7.47. The summed E-state index contributed by atoms with van der Waals surface area (Å²) in [5, 5.41) is 1.79. The standard InChI is InChI=1S/C23H21N3O2/c27-22-18-8-4-7-17-20(25-12-2-1-3-13-25)10-9-19(21(17)18)23(28)26(22)15-16-6-5-11-24-14-16/h4-11,14H,1-3,12-13,15H2. The van der Waals surface area contributed by atoms with E-state index in [0.717, 1.165) is 35.1 Å². The molecule has 0 aliphatic carbocycles. The molecule has 140 valence electrons. The zero-order valence-corrected chi connectivity index (χ0v) is 15.6. The quantitative estimate of drug-likeness (QED) is 0.653. The van der Waals surface area contributed by atoms with E-state index in [-0.39, 0.29) is 18.4 Å². The summed E-state index contributed by atoms with van der Waals surface area (Å²) >= 11 is 0. The Hall–Kier alpha value is -3.21. The van der Waals surface area contributed by atoms with Gasteiger partial charge in [-0.15, -0.1) is 0 Å². The predicted octanol–water partition coefficient (Wildman–Crippen LogP) is 4.02. The Morgan fingerprint density at radius 1 is 0.857 bits per heavy atom. The van der Waals surface area contributed by atoms with Crippen LogP contribution in [0, 0.1) is 0 Å². The van der Waals surface area contributed by atoms with Gasteiger partial charge in [0.15, 0.2) is 0 Å². The smallest absolute Gasteiger partial charge is 0.261 e. The Balaban J connectivity index is 1.61. The lowest BCUT2D eigenvalue weighted by atomic mass is 9.92. The van der Waals surface area contributed by atoms with Crippen molar-refractivity contribution in [2.75, 3.05) is 18.0 Å². The second-order valence-corrected chi connectivity index (χ2v) is 7.47. The van der Waals surface area contributed by atoms with E-state index in [1.54, 1.807) is 12.4 Å². The zero-order chi connectivity index (χ0) is 19.1. The number of rotatable bonds is 3. The molecule has 5 heteroatoms. The maximum absolute atomic E-state index is 13.2. The molecule has 2 aromatic carbocycles. The summed E-state index contributed by atoms with van der Waals surface area (Å²) in [6, 6.07) is 13.4. The monoisotopic (exact) mass is 371 g/mol. The van der Waals surface area contributed by atoms with E-state index in [1.807, 2.05) is 42.5 Å². The van der Waals surface area contributed by atoms with Crippen molar-refractivity contribution in [1.82, 2.24) is 9.88 Å². The SMILES string of the molecule is O=C1c2cccc3c(N4CCCCC4)ccc(c23)C(=O)N1Cc1cccnc1. The molecule has 1 aromatic heterocycles. The maximum Gasteiger partial charge on any atom is 0.261 e. The fraction of sp³-hybridized carbons (Fsp3) is 0.261. The Kier molecular flexibility index (Phi) is 4.08. The highest BCUT2D eigenvalue weighted by atomic mass is 16.2. The average molecular weight is 371 g/mol. The van der Waals surface area contributed by atoms with Gasteiger partial charge in [-0.1, -0.05) is 18.2 Å². The maximum atomic E-state index is 13.2. The molecule has 0 bridgehead atoms. The first-order chi connectivity index (χ1) is 13.7. The normalized spacial score (nSPS) is 16.7. The van der Waals surface area contributed by atoms with Crippen LogP contribution in [-0.4, -0.2) is 34.8 Å². The van der Waals surface area contributed by atoms with E-state index in [1.165, 1.54) is 24.2 Å². The molecule has 0 N–H and O–H groups in total. The molecule has 1 saturated heterocycles. The van der Waals surface area contributed by atoms with Crippen LogP contribution in [0.15, 0.2) is 54.9 Å². The minimum atomic E-state index is -0.234. The van der Waals surface area contributed by atoms with Crippen LogP contribution >= 0.6 is 0 Å². The highest BCUT2D eigenvalue weighted by Crippen LogP contribution is 2.37. The van der Waals surface area contributed by atoms with Crippen LogP contribution in [0.1, 0.15) is 45.5 Å². The summed E-state index contributed by atoms with van der Waals surface area (Å²) in [4.78, 5) is 34.2. The molecule has 28 heavy (non-hydrogen) atoms. The fourth-order valence-electron chi connectivity index (χ4n) is 4.36. The molecule has 5 nitrogen and oxygen atoms in total. The predicted molar refractivity (Wildman–Crippen MR) is 108 cm³/mol. The van der Waals surface area contributed by atoms with E-state index in [4.69, 9.17) is 0 Å².